The first-order chi connectivity index (χ1) is 15.9. The van der Waals surface area contributed by atoms with E-state index in [9.17, 15) is 14.3 Å². The van der Waals surface area contributed by atoms with Crippen LogP contribution in [0.3, 0.4) is 0 Å². The molecule has 1 aromatic heterocycles. The SMILES string of the molecule is O=C(O)C(=COCCCCc1ccc(F)cc1)c1cccc(CSc2c(Cl)cccc2Cl)n1. The van der Waals surface area contributed by atoms with E-state index < -0.39 is 5.97 Å². The van der Waals surface area contributed by atoms with Crippen molar-refractivity contribution in [3.63, 3.8) is 0 Å². The molecular weight excluding hydrogens is 484 g/mol. The smallest absolute Gasteiger partial charge is 0.341 e. The monoisotopic (exact) mass is 505 g/mol. The van der Waals surface area contributed by atoms with Crippen LogP contribution in [0, 0.1) is 5.82 Å². The highest BCUT2D eigenvalue weighted by molar-refractivity contribution is 7.98. The number of carboxylic acids is 1. The molecule has 0 saturated carbocycles. The number of aliphatic carboxylic acids is 1. The van der Waals surface area contributed by atoms with Crippen molar-refractivity contribution < 1.29 is 19.0 Å². The summed E-state index contributed by atoms with van der Waals surface area (Å²) in [7, 11) is 0. The molecule has 3 aromatic rings. The zero-order chi connectivity index (χ0) is 23.6. The van der Waals surface area contributed by atoms with Gasteiger partial charge in [0.05, 0.1) is 34.3 Å². The molecule has 0 atom stereocenters. The Morgan fingerprint density at radius 1 is 1.03 bits per heavy atom. The van der Waals surface area contributed by atoms with Crippen LogP contribution in [0.2, 0.25) is 10.0 Å². The highest BCUT2D eigenvalue weighted by Crippen LogP contribution is 2.35. The molecule has 0 amide bonds. The van der Waals surface area contributed by atoms with Gasteiger partial charge in [0.1, 0.15) is 11.4 Å². The van der Waals surface area contributed by atoms with Crippen LogP contribution in [0.15, 0.2) is 71.8 Å². The fourth-order valence-corrected chi connectivity index (χ4v) is 4.59. The van der Waals surface area contributed by atoms with E-state index in [1.165, 1.54) is 30.2 Å². The van der Waals surface area contributed by atoms with Crippen molar-refractivity contribution in [3.05, 3.63) is 99.7 Å². The molecule has 0 fully saturated rings. The van der Waals surface area contributed by atoms with Gasteiger partial charge in [0.2, 0.25) is 0 Å². The Bertz CT molecular complexity index is 1100. The number of unbranched alkanes of at least 4 members (excludes halogenated alkanes) is 1. The number of hydrogen-bond acceptors (Lipinski definition) is 4. The normalized spacial score (nSPS) is 11.4. The molecule has 2 aromatic carbocycles. The number of halogens is 3. The lowest BCUT2D eigenvalue weighted by Crippen LogP contribution is -2.04. The maximum Gasteiger partial charge on any atom is 0.341 e. The molecule has 0 aliphatic rings. The Labute approximate surface area is 206 Å². The van der Waals surface area contributed by atoms with Crippen LogP contribution in [-0.4, -0.2) is 22.7 Å². The minimum absolute atomic E-state index is 0.0174. The third kappa shape index (κ3) is 7.77. The Balaban J connectivity index is 1.55. The number of rotatable bonds is 11. The predicted octanol–water partition coefficient (Wildman–Crippen LogP) is 7.28. The number of nitrogens with zero attached hydrogens (tertiary/aromatic N) is 1. The molecule has 0 radical (unpaired) electrons. The van der Waals surface area contributed by atoms with E-state index >= 15 is 0 Å². The van der Waals surface area contributed by atoms with Gasteiger partial charge in [-0.05, 0) is 61.2 Å². The summed E-state index contributed by atoms with van der Waals surface area (Å²) in [5.41, 5.74) is 2.04. The molecular formula is C25H22Cl2FNO3S. The average molecular weight is 506 g/mol. The van der Waals surface area contributed by atoms with E-state index in [0.29, 0.717) is 33.8 Å². The van der Waals surface area contributed by atoms with Crippen LogP contribution in [0.25, 0.3) is 5.57 Å². The Hall–Kier alpha value is -2.54. The molecule has 0 spiro atoms. The van der Waals surface area contributed by atoms with Crippen molar-refractivity contribution in [2.24, 2.45) is 0 Å². The maximum atomic E-state index is 12.9. The fourth-order valence-electron chi connectivity index (χ4n) is 3.00. The van der Waals surface area contributed by atoms with E-state index in [0.717, 1.165) is 29.7 Å². The molecule has 0 unspecified atom stereocenters. The van der Waals surface area contributed by atoms with E-state index in [1.807, 2.05) is 6.07 Å². The van der Waals surface area contributed by atoms with Crippen LogP contribution >= 0.6 is 35.0 Å². The van der Waals surface area contributed by atoms with Crippen molar-refractivity contribution in [2.45, 2.75) is 29.9 Å². The molecule has 0 saturated heterocycles. The van der Waals surface area contributed by atoms with Crippen LogP contribution < -0.4 is 0 Å². The largest absolute Gasteiger partial charge is 0.500 e. The summed E-state index contributed by atoms with van der Waals surface area (Å²) in [6.45, 7) is 0.374. The number of thioether (sulfide) groups is 1. The van der Waals surface area contributed by atoms with Gasteiger partial charge in [-0.2, -0.15) is 0 Å². The van der Waals surface area contributed by atoms with Crippen molar-refractivity contribution in [1.82, 2.24) is 4.98 Å². The summed E-state index contributed by atoms with van der Waals surface area (Å²) >= 11 is 13.9. The van der Waals surface area contributed by atoms with Crippen molar-refractivity contribution in [1.29, 1.82) is 0 Å². The number of hydrogen-bond donors (Lipinski definition) is 1. The van der Waals surface area contributed by atoms with Gasteiger partial charge < -0.3 is 9.84 Å². The maximum absolute atomic E-state index is 12.9. The van der Waals surface area contributed by atoms with E-state index in [-0.39, 0.29) is 11.4 Å². The van der Waals surface area contributed by atoms with Gasteiger partial charge in [0, 0.05) is 10.6 Å². The summed E-state index contributed by atoms with van der Waals surface area (Å²) in [6.07, 6.45) is 3.63. The third-order valence-corrected chi connectivity index (χ3v) is 6.71. The average Bonchev–Trinajstić information content (AvgIpc) is 2.79. The van der Waals surface area contributed by atoms with Crippen molar-refractivity contribution in [3.8, 4) is 0 Å². The molecule has 0 bridgehead atoms. The second-order valence-electron chi connectivity index (χ2n) is 7.14. The van der Waals surface area contributed by atoms with Crippen LogP contribution in [0.4, 0.5) is 4.39 Å². The molecule has 3 rings (SSSR count). The molecule has 0 aliphatic carbocycles. The van der Waals surface area contributed by atoms with E-state index in [4.69, 9.17) is 27.9 Å². The molecule has 1 heterocycles. The molecule has 1 N–H and O–H groups in total. The predicted molar refractivity (Wildman–Crippen MR) is 131 cm³/mol. The Morgan fingerprint density at radius 2 is 1.73 bits per heavy atom. The first kappa shape index (κ1) is 25.1. The molecule has 8 heteroatoms. The second kappa shape index (κ2) is 12.6. The number of benzene rings is 2. The van der Waals surface area contributed by atoms with Crippen LogP contribution in [0.5, 0.6) is 0 Å². The summed E-state index contributed by atoms with van der Waals surface area (Å²) in [6, 6.07) is 16.9. The highest BCUT2D eigenvalue weighted by atomic mass is 35.5. The van der Waals surface area contributed by atoms with Gasteiger partial charge in [0.15, 0.2) is 0 Å². The lowest BCUT2D eigenvalue weighted by Gasteiger charge is -2.08. The first-order valence-electron chi connectivity index (χ1n) is 10.3. The number of aryl methyl sites for hydroxylation is 1. The summed E-state index contributed by atoms with van der Waals surface area (Å²) in [4.78, 5) is 17.0. The van der Waals surface area contributed by atoms with Gasteiger partial charge in [-0.15, -0.1) is 11.8 Å². The zero-order valence-electron chi connectivity index (χ0n) is 17.6. The molecule has 0 aliphatic heterocycles. The minimum atomic E-state index is -1.12. The Kier molecular flexibility index (Phi) is 9.61. The standard InChI is InChI=1S/C25H22Cl2FNO3S/c26-21-7-4-8-22(27)24(21)33-16-19-6-3-9-23(29-19)20(25(30)31)15-32-14-2-1-5-17-10-12-18(28)13-11-17/h3-4,6-13,15H,1-2,5,14,16H2,(H,30,31). The number of carbonyl (C=O) groups is 1. The van der Waals surface area contributed by atoms with Crippen LogP contribution in [-0.2, 0) is 21.7 Å². The topological polar surface area (TPSA) is 59.4 Å². The van der Waals surface area contributed by atoms with Crippen LogP contribution in [0.1, 0.15) is 29.8 Å². The van der Waals surface area contributed by atoms with E-state index in [2.05, 4.69) is 4.98 Å². The summed E-state index contributed by atoms with van der Waals surface area (Å²) in [5, 5.41) is 10.7. The fraction of sp³-hybridized carbons (Fsp3) is 0.200. The Morgan fingerprint density at radius 3 is 2.42 bits per heavy atom. The number of pyridine rings is 1. The molecule has 33 heavy (non-hydrogen) atoms. The van der Waals surface area contributed by atoms with Crippen molar-refractivity contribution >= 4 is 46.5 Å². The molecule has 4 nitrogen and oxygen atoms in total. The number of aromatic nitrogens is 1. The lowest BCUT2D eigenvalue weighted by atomic mass is 10.1. The summed E-state index contributed by atoms with van der Waals surface area (Å²) in [5.74, 6) is -0.890. The number of carboxylic acid groups (broad SMARTS) is 1. The van der Waals surface area contributed by atoms with Gasteiger partial charge in [0.25, 0.3) is 0 Å². The third-order valence-electron chi connectivity index (χ3n) is 4.69. The van der Waals surface area contributed by atoms with Crippen molar-refractivity contribution in [2.75, 3.05) is 6.61 Å². The zero-order valence-corrected chi connectivity index (χ0v) is 20.0. The first-order valence-corrected chi connectivity index (χ1v) is 12.0. The highest BCUT2D eigenvalue weighted by Gasteiger charge is 2.14. The lowest BCUT2D eigenvalue weighted by molar-refractivity contribution is -0.130. The molecule has 172 valence electrons. The van der Waals surface area contributed by atoms with Gasteiger partial charge >= 0.3 is 5.97 Å². The minimum Gasteiger partial charge on any atom is -0.500 e. The van der Waals surface area contributed by atoms with Gasteiger partial charge in [-0.25, -0.2) is 9.18 Å². The quantitative estimate of drug-likeness (QED) is 0.128. The van der Waals surface area contributed by atoms with E-state index in [1.54, 1.807) is 42.5 Å². The number of ether oxygens (including phenoxy) is 1. The van der Waals surface area contributed by atoms with Gasteiger partial charge in [-0.3, -0.25) is 4.98 Å². The summed E-state index contributed by atoms with van der Waals surface area (Å²) < 4.78 is 18.4. The second-order valence-corrected chi connectivity index (χ2v) is 8.94. The van der Waals surface area contributed by atoms with Gasteiger partial charge in [-0.1, -0.05) is 47.5 Å².